The van der Waals surface area contributed by atoms with E-state index in [0.29, 0.717) is 13.0 Å². The zero-order chi connectivity index (χ0) is 9.23. The zero-order valence-corrected chi connectivity index (χ0v) is 8.05. The second-order valence-electron chi connectivity index (χ2n) is 3.09. The topological polar surface area (TPSA) is 32.3 Å². The van der Waals surface area contributed by atoms with Crippen LogP contribution in [-0.2, 0) is 0 Å². The number of aliphatic hydroxyl groups excluding tert-OH is 1. The van der Waals surface area contributed by atoms with Gasteiger partial charge in [-0.15, -0.1) is 6.58 Å². The maximum atomic E-state index is 9.27. The second kappa shape index (κ2) is 8.75. The van der Waals surface area contributed by atoms with Crippen LogP contribution in [0.3, 0.4) is 0 Å². The molecule has 0 rings (SSSR count). The highest BCUT2D eigenvalue weighted by Crippen LogP contribution is 1.93. The first-order chi connectivity index (χ1) is 5.81. The third-order valence-electron chi connectivity index (χ3n) is 1.78. The van der Waals surface area contributed by atoms with Gasteiger partial charge in [-0.25, -0.2) is 0 Å². The van der Waals surface area contributed by atoms with Crippen LogP contribution in [-0.4, -0.2) is 24.3 Å². The van der Waals surface area contributed by atoms with Crippen molar-refractivity contribution < 1.29 is 5.11 Å². The first kappa shape index (κ1) is 11.7. The van der Waals surface area contributed by atoms with Crippen LogP contribution in [0, 0.1) is 0 Å². The zero-order valence-electron chi connectivity index (χ0n) is 8.05. The van der Waals surface area contributed by atoms with Crippen LogP contribution < -0.4 is 5.32 Å². The molecule has 0 saturated heterocycles. The predicted octanol–water partition coefficient (Wildman–Crippen LogP) is 1.70. The highest BCUT2D eigenvalue weighted by atomic mass is 16.3. The van der Waals surface area contributed by atoms with E-state index < -0.39 is 0 Å². The lowest BCUT2D eigenvalue weighted by atomic mass is 10.2. The summed E-state index contributed by atoms with van der Waals surface area (Å²) in [6.07, 6.45) is 5.89. The highest BCUT2D eigenvalue weighted by molar-refractivity contribution is 4.73. The van der Waals surface area contributed by atoms with Crippen molar-refractivity contribution in [3.05, 3.63) is 12.7 Å². The summed E-state index contributed by atoms with van der Waals surface area (Å²) in [5.74, 6) is 0. The lowest BCUT2D eigenvalue weighted by Crippen LogP contribution is -2.27. The van der Waals surface area contributed by atoms with Crippen LogP contribution in [0.1, 0.15) is 32.6 Å². The normalized spacial score (nSPS) is 12.8. The van der Waals surface area contributed by atoms with Gasteiger partial charge in [0.1, 0.15) is 0 Å². The third kappa shape index (κ3) is 7.76. The first-order valence-corrected chi connectivity index (χ1v) is 4.81. The quantitative estimate of drug-likeness (QED) is 0.430. The lowest BCUT2D eigenvalue weighted by Gasteiger charge is -2.08. The standard InChI is InChI=1S/C10H21NO/c1-3-5-6-8-11-9-10(12)7-4-2/h4,10-12H,2-3,5-9H2,1H3. The molecule has 1 unspecified atom stereocenters. The Hall–Kier alpha value is -0.340. The predicted molar refractivity (Wildman–Crippen MR) is 53.2 cm³/mol. The average Bonchev–Trinajstić information content (AvgIpc) is 2.05. The highest BCUT2D eigenvalue weighted by Gasteiger charge is 1.98. The summed E-state index contributed by atoms with van der Waals surface area (Å²) in [6, 6.07) is 0. The largest absolute Gasteiger partial charge is 0.391 e. The fourth-order valence-electron chi connectivity index (χ4n) is 1.04. The number of hydrogen-bond donors (Lipinski definition) is 2. The fourth-order valence-corrected chi connectivity index (χ4v) is 1.04. The summed E-state index contributed by atoms with van der Waals surface area (Å²) in [5.41, 5.74) is 0. The van der Waals surface area contributed by atoms with Crippen molar-refractivity contribution in [3.63, 3.8) is 0 Å². The van der Waals surface area contributed by atoms with Gasteiger partial charge in [-0.2, -0.15) is 0 Å². The molecule has 12 heavy (non-hydrogen) atoms. The van der Waals surface area contributed by atoms with Gasteiger partial charge >= 0.3 is 0 Å². The molecule has 0 heterocycles. The van der Waals surface area contributed by atoms with E-state index in [1.165, 1.54) is 19.3 Å². The van der Waals surface area contributed by atoms with Crippen molar-refractivity contribution >= 4 is 0 Å². The molecule has 2 nitrogen and oxygen atoms in total. The maximum Gasteiger partial charge on any atom is 0.0698 e. The van der Waals surface area contributed by atoms with Crippen molar-refractivity contribution in [2.75, 3.05) is 13.1 Å². The molecule has 0 aliphatic heterocycles. The van der Waals surface area contributed by atoms with Crippen LogP contribution in [0.2, 0.25) is 0 Å². The molecule has 0 saturated carbocycles. The summed E-state index contributed by atoms with van der Waals surface area (Å²) in [6.45, 7) is 7.46. The van der Waals surface area contributed by atoms with Crippen molar-refractivity contribution in [2.24, 2.45) is 0 Å². The van der Waals surface area contributed by atoms with Gasteiger partial charge in [-0.1, -0.05) is 25.8 Å². The van der Waals surface area contributed by atoms with E-state index >= 15 is 0 Å². The third-order valence-corrected chi connectivity index (χ3v) is 1.78. The van der Waals surface area contributed by atoms with Crippen LogP contribution in [0.5, 0.6) is 0 Å². The van der Waals surface area contributed by atoms with E-state index in [4.69, 9.17) is 0 Å². The monoisotopic (exact) mass is 171 g/mol. The number of aliphatic hydroxyl groups is 1. The number of nitrogens with one attached hydrogen (secondary N) is 1. The van der Waals surface area contributed by atoms with E-state index in [1.807, 2.05) is 0 Å². The molecule has 0 spiro atoms. The molecular weight excluding hydrogens is 150 g/mol. The molecule has 0 bridgehead atoms. The number of unbranched alkanes of at least 4 members (excludes halogenated alkanes) is 2. The molecule has 2 heteroatoms. The Morgan fingerprint density at radius 1 is 1.50 bits per heavy atom. The number of hydrogen-bond acceptors (Lipinski definition) is 2. The molecule has 0 amide bonds. The smallest absolute Gasteiger partial charge is 0.0698 e. The van der Waals surface area contributed by atoms with Gasteiger partial charge < -0.3 is 10.4 Å². The summed E-state index contributed by atoms with van der Waals surface area (Å²) >= 11 is 0. The molecular formula is C10H21NO. The summed E-state index contributed by atoms with van der Waals surface area (Å²) < 4.78 is 0. The molecule has 0 aromatic heterocycles. The van der Waals surface area contributed by atoms with Gasteiger partial charge in [0, 0.05) is 6.54 Å². The Kier molecular flexibility index (Phi) is 8.51. The summed E-state index contributed by atoms with van der Waals surface area (Å²) in [5, 5.41) is 12.5. The summed E-state index contributed by atoms with van der Waals surface area (Å²) in [7, 11) is 0. The van der Waals surface area contributed by atoms with Gasteiger partial charge in [0.15, 0.2) is 0 Å². The Labute approximate surface area is 75.7 Å². The lowest BCUT2D eigenvalue weighted by molar-refractivity contribution is 0.175. The molecule has 0 radical (unpaired) electrons. The van der Waals surface area contributed by atoms with Crippen molar-refractivity contribution in [1.82, 2.24) is 5.32 Å². The van der Waals surface area contributed by atoms with Crippen LogP contribution in [0.25, 0.3) is 0 Å². The van der Waals surface area contributed by atoms with E-state index in [0.717, 1.165) is 6.54 Å². The molecule has 0 aromatic rings. The van der Waals surface area contributed by atoms with Gasteiger partial charge in [-0.3, -0.25) is 0 Å². The molecule has 0 aliphatic carbocycles. The van der Waals surface area contributed by atoms with Crippen molar-refractivity contribution in [3.8, 4) is 0 Å². The van der Waals surface area contributed by atoms with E-state index in [-0.39, 0.29) is 6.10 Å². The van der Waals surface area contributed by atoms with E-state index in [1.54, 1.807) is 6.08 Å². The maximum absolute atomic E-state index is 9.27. The second-order valence-corrected chi connectivity index (χ2v) is 3.09. The Morgan fingerprint density at radius 2 is 2.25 bits per heavy atom. The SMILES string of the molecule is C=CCC(O)CNCCCCC. The Bertz CT molecular complexity index is 104. The molecule has 0 aromatic carbocycles. The fraction of sp³-hybridized carbons (Fsp3) is 0.800. The molecule has 72 valence electrons. The van der Waals surface area contributed by atoms with Crippen LogP contribution in [0.15, 0.2) is 12.7 Å². The van der Waals surface area contributed by atoms with Gasteiger partial charge in [0.2, 0.25) is 0 Å². The van der Waals surface area contributed by atoms with E-state index in [2.05, 4.69) is 18.8 Å². The van der Waals surface area contributed by atoms with Gasteiger partial charge in [0.05, 0.1) is 6.10 Å². The van der Waals surface area contributed by atoms with Crippen molar-refractivity contribution in [1.29, 1.82) is 0 Å². The van der Waals surface area contributed by atoms with E-state index in [9.17, 15) is 5.11 Å². The first-order valence-electron chi connectivity index (χ1n) is 4.81. The van der Waals surface area contributed by atoms with Gasteiger partial charge in [-0.05, 0) is 19.4 Å². The molecule has 0 aliphatic rings. The Balaban J connectivity index is 3.02. The minimum atomic E-state index is -0.260. The summed E-state index contributed by atoms with van der Waals surface area (Å²) in [4.78, 5) is 0. The van der Waals surface area contributed by atoms with Crippen LogP contribution in [0.4, 0.5) is 0 Å². The number of rotatable bonds is 8. The molecule has 2 N–H and O–H groups in total. The molecule has 0 fully saturated rings. The molecule has 1 atom stereocenters. The van der Waals surface area contributed by atoms with Crippen LogP contribution >= 0.6 is 0 Å². The minimum absolute atomic E-state index is 0.260. The van der Waals surface area contributed by atoms with Gasteiger partial charge in [0.25, 0.3) is 0 Å². The Morgan fingerprint density at radius 3 is 2.83 bits per heavy atom. The van der Waals surface area contributed by atoms with Crippen molar-refractivity contribution in [2.45, 2.75) is 38.7 Å². The average molecular weight is 171 g/mol. The minimum Gasteiger partial charge on any atom is -0.391 e.